The first-order valence-electron chi connectivity index (χ1n) is 11.7. The Labute approximate surface area is 198 Å². The molecule has 3 aliphatic rings. The van der Waals surface area contributed by atoms with Crippen molar-refractivity contribution in [1.29, 1.82) is 0 Å². The molecule has 0 aromatic heterocycles. The first-order valence-corrected chi connectivity index (χ1v) is 12.0. The minimum absolute atomic E-state index is 0.0314. The van der Waals surface area contributed by atoms with Gasteiger partial charge in [0.05, 0.1) is 0 Å². The van der Waals surface area contributed by atoms with Crippen molar-refractivity contribution in [3.8, 4) is 0 Å². The zero-order valence-electron chi connectivity index (χ0n) is 18.7. The van der Waals surface area contributed by atoms with Crippen LogP contribution in [0.1, 0.15) is 49.3 Å². The van der Waals surface area contributed by atoms with Crippen molar-refractivity contribution >= 4 is 29.4 Å². The number of imide groups is 1. The molecule has 1 saturated carbocycles. The monoisotopic (exact) mass is 465 g/mol. The third-order valence-electron chi connectivity index (χ3n) is 7.63. The van der Waals surface area contributed by atoms with Gasteiger partial charge in [0.2, 0.25) is 5.91 Å². The summed E-state index contributed by atoms with van der Waals surface area (Å²) < 4.78 is 0. The zero-order chi connectivity index (χ0) is 23.2. The number of urea groups is 1. The van der Waals surface area contributed by atoms with E-state index in [1.807, 2.05) is 53.4 Å². The predicted octanol–water partition coefficient (Wildman–Crippen LogP) is 4.25. The van der Waals surface area contributed by atoms with Crippen LogP contribution in [0.5, 0.6) is 0 Å². The summed E-state index contributed by atoms with van der Waals surface area (Å²) in [5.74, 6) is -0.0953. The summed E-state index contributed by atoms with van der Waals surface area (Å²) in [5, 5.41) is 3.56. The molecule has 2 fully saturated rings. The summed E-state index contributed by atoms with van der Waals surface area (Å²) in [6.07, 6.45) is 4.61. The maximum Gasteiger partial charge on any atom is 0.325 e. The Hall–Kier alpha value is -2.86. The molecular formula is C26H28ClN3O3. The Morgan fingerprint density at radius 1 is 1.18 bits per heavy atom. The van der Waals surface area contributed by atoms with Gasteiger partial charge in [-0.1, -0.05) is 54.4 Å². The van der Waals surface area contributed by atoms with E-state index >= 15 is 0 Å². The molecule has 7 heteroatoms. The van der Waals surface area contributed by atoms with Gasteiger partial charge in [0, 0.05) is 17.6 Å². The van der Waals surface area contributed by atoms with E-state index < -0.39 is 11.6 Å². The predicted molar refractivity (Wildman–Crippen MR) is 125 cm³/mol. The highest BCUT2D eigenvalue weighted by Crippen LogP contribution is 2.41. The van der Waals surface area contributed by atoms with Crippen LogP contribution < -0.4 is 5.32 Å². The number of hydrogen-bond acceptors (Lipinski definition) is 3. The summed E-state index contributed by atoms with van der Waals surface area (Å²) in [6.45, 7) is 2.24. The van der Waals surface area contributed by atoms with Crippen molar-refractivity contribution in [2.45, 2.75) is 57.2 Å². The van der Waals surface area contributed by atoms with Crippen molar-refractivity contribution in [3.63, 3.8) is 0 Å². The summed E-state index contributed by atoms with van der Waals surface area (Å²) >= 11 is 6.03. The van der Waals surface area contributed by atoms with Gasteiger partial charge in [0.15, 0.2) is 0 Å². The molecule has 33 heavy (non-hydrogen) atoms. The highest BCUT2D eigenvalue weighted by Gasteiger charge is 2.55. The van der Waals surface area contributed by atoms with Gasteiger partial charge < -0.3 is 10.2 Å². The van der Waals surface area contributed by atoms with Crippen molar-refractivity contribution in [2.75, 3.05) is 6.54 Å². The molecule has 4 amide bonds. The molecule has 1 N–H and O–H groups in total. The third kappa shape index (κ3) is 3.80. The molecular weight excluding hydrogens is 438 g/mol. The van der Waals surface area contributed by atoms with Crippen molar-refractivity contribution in [1.82, 2.24) is 15.1 Å². The van der Waals surface area contributed by atoms with Gasteiger partial charge in [0.25, 0.3) is 5.91 Å². The van der Waals surface area contributed by atoms with Gasteiger partial charge in [-0.05, 0) is 67.3 Å². The van der Waals surface area contributed by atoms with Gasteiger partial charge in [0.1, 0.15) is 12.1 Å². The minimum atomic E-state index is -1.05. The third-order valence-corrected chi connectivity index (χ3v) is 7.88. The first-order chi connectivity index (χ1) is 15.9. The molecule has 0 radical (unpaired) electrons. The van der Waals surface area contributed by atoms with E-state index in [9.17, 15) is 14.4 Å². The van der Waals surface area contributed by atoms with Crippen LogP contribution in [0.15, 0.2) is 48.5 Å². The number of nitrogens with zero attached hydrogens (tertiary/aromatic N) is 2. The van der Waals surface area contributed by atoms with E-state index in [0.717, 1.165) is 40.9 Å². The average Bonchev–Trinajstić information content (AvgIpc) is 3.25. The van der Waals surface area contributed by atoms with Crippen LogP contribution in [0.4, 0.5) is 4.79 Å². The second kappa shape index (κ2) is 8.49. The minimum Gasteiger partial charge on any atom is -0.334 e. The molecule has 2 aromatic rings. The van der Waals surface area contributed by atoms with Gasteiger partial charge in [-0.15, -0.1) is 0 Å². The van der Waals surface area contributed by atoms with Gasteiger partial charge in [-0.3, -0.25) is 14.5 Å². The fraction of sp³-hybridized carbons (Fsp3) is 0.423. The van der Waals surface area contributed by atoms with Gasteiger partial charge in [-0.2, -0.15) is 0 Å². The number of carbonyl (C=O) groups excluding carboxylic acids is 3. The van der Waals surface area contributed by atoms with Crippen molar-refractivity contribution in [2.24, 2.45) is 5.92 Å². The average molecular weight is 466 g/mol. The Kier molecular flexibility index (Phi) is 5.65. The molecule has 1 heterocycles. The maximum atomic E-state index is 13.5. The summed E-state index contributed by atoms with van der Waals surface area (Å²) in [5.41, 5.74) is 1.84. The van der Waals surface area contributed by atoms with Gasteiger partial charge >= 0.3 is 6.03 Å². The Morgan fingerprint density at radius 3 is 2.61 bits per heavy atom. The highest BCUT2D eigenvalue weighted by molar-refractivity contribution is 6.30. The zero-order valence-corrected chi connectivity index (χ0v) is 19.5. The number of aryl methyl sites for hydroxylation is 1. The number of carbonyl (C=O) groups is 3. The second-order valence-corrected chi connectivity index (χ2v) is 9.90. The molecule has 2 aromatic carbocycles. The van der Waals surface area contributed by atoms with Crippen molar-refractivity contribution < 1.29 is 14.4 Å². The van der Waals surface area contributed by atoms with Crippen LogP contribution >= 0.6 is 11.6 Å². The number of fused-ring (bicyclic) bond motifs is 2. The molecule has 2 atom stereocenters. The number of rotatable bonds is 6. The lowest BCUT2D eigenvalue weighted by Gasteiger charge is -2.39. The standard InChI is InChI=1S/C26H28ClN3O3/c1-17(19-6-4-7-19)29(15-18-9-11-21(27)12-10-18)23(31)16-30-24(32)26(28-25(30)33)14-13-20-5-2-3-8-22(20)26/h2-3,5,8-12,17,19H,4,6-7,13-16H2,1H3,(H,28,33)/t17-,26?/m0/s1. The fourth-order valence-corrected chi connectivity index (χ4v) is 5.51. The van der Waals surface area contributed by atoms with E-state index in [2.05, 4.69) is 12.2 Å². The molecule has 1 aliphatic heterocycles. The summed E-state index contributed by atoms with van der Waals surface area (Å²) in [7, 11) is 0. The SMILES string of the molecule is C[C@@H](C1CCC1)N(Cc1ccc(Cl)cc1)C(=O)CN1C(=O)NC2(CCc3ccccc32)C1=O. The second-order valence-electron chi connectivity index (χ2n) is 9.46. The normalized spacial score (nSPS) is 22.8. The Balaban J connectivity index is 1.37. The van der Waals surface area contributed by atoms with E-state index in [-0.39, 0.29) is 24.4 Å². The largest absolute Gasteiger partial charge is 0.334 e. The lowest BCUT2D eigenvalue weighted by molar-refractivity contribution is -0.142. The fourth-order valence-electron chi connectivity index (χ4n) is 5.38. The van der Waals surface area contributed by atoms with Crippen LogP contribution in [-0.2, 0) is 28.1 Å². The first kappa shape index (κ1) is 22.0. The van der Waals surface area contributed by atoms with E-state index in [0.29, 0.717) is 23.9 Å². The van der Waals surface area contributed by atoms with Crippen LogP contribution in [0, 0.1) is 5.92 Å². The Bertz CT molecular complexity index is 1100. The lowest BCUT2D eigenvalue weighted by Crippen LogP contribution is -2.49. The molecule has 1 unspecified atom stereocenters. The number of hydrogen-bond donors (Lipinski definition) is 1. The number of halogens is 1. The number of nitrogens with one attached hydrogen (secondary N) is 1. The highest BCUT2D eigenvalue weighted by atomic mass is 35.5. The summed E-state index contributed by atoms with van der Waals surface area (Å²) in [4.78, 5) is 42.8. The van der Waals surface area contributed by atoms with Crippen LogP contribution in [0.2, 0.25) is 5.02 Å². The summed E-state index contributed by atoms with van der Waals surface area (Å²) in [6, 6.07) is 14.7. The van der Waals surface area contributed by atoms with E-state index in [1.54, 1.807) is 0 Å². The van der Waals surface area contributed by atoms with Crippen LogP contribution in [0.25, 0.3) is 0 Å². The number of benzene rings is 2. The Morgan fingerprint density at radius 2 is 1.91 bits per heavy atom. The molecule has 6 nitrogen and oxygen atoms in total. The van der Waals surface area contributed by atoms with Gasteiger partial charge in [-0.25, -0.2) is 4.79 Å². The van der Waals surface area contributed by atoms with Crippen LogP contribution in [0.3, 0.4) is 0 Å². The topological polar surface area (TPSA) is 69.7 Å². The molecule has 1 spiro atoms. The van der Waals surface area contributed by atoms with Crippen molar-refractivity contribution in [3.05, 3.63) is 70.2 Å². The molecule has 0 bridgehead atoms. The van der Waals surface area contributed by atoms with E-state index in [4.69, 9.17) is 11.6 Å². The van der Waals surface area contributed by atoms with Crippen LogP contribution in [-0.4, -0.2) is 40.2 Å². The molecule has 172 valence electrons. The lowest BCUT2D eigenvalue weighted by atomic mass is 9.79. The quantitative estimate of drug-likeness (QED) is 0.648. The maximum absolute atomic E-state index is 13.5. The number of amides is 4. The molecule has 2 aliphatic carbocycles. The van der Waals surface area contributed by atoms with E-state index in [1.165, 1.54) is 6.42 Å². The molecule has 1 saturated heterocycles. The smallest absolute Gasteiger partial charge is 0.325 e. The molecule has 5 rings (SSSR count).